The summed E-state index contributed by atoms with van der Waals surface area (Å²) in [6.45, 7) is 5.88. The summed E-state index contributed by atoms with van der Waals surface area (Å²) in [6.07, 6.45) is 0. The molecule has 144 valence electrons. The van der Waals surface area contributed by atoms with Gasteiger partial charge in [0.15, 0.2) is 6.61 Å². The molecule has 1 unspecified atom stereocenters. The van der Waals surface area contributed by atoms with E-state index >= 15 is 0 Å². The Labute approximate surface area is 168 Å². The van der Waals surface area contributed by atoms with Gasteiger partial charge in [-0.15, -0.1) is 0 Å². The van der Waals surface area contributed by atoms with Crippen LogP contribution in [0.4, 0.5) is 0 Å². The summed E-state index contributed by atoms with van der Waals surface area (Å²) < 4.78 is 6.65. The number of benzene rings is 2. The normalized spacial score (nSPS) is 11.6. The van der Waals surface area contributed by atoms with Crippen molar-refractivity contribution in [1.82, 2.24) is 10.2 Å². The molecule has 6 heteroatoms. The lowest BCUT2D eigenvalue weighted by molar-refractivity contribution is -0.142. The van der Waals surface area contributed by atoms with Crippen LogP contribution in [0, 0.1) is 13.8 Å². The van der Waals surface area contributed by atoms with Gasteiger partial charge in [0.2, 0.25) is 5.91 Å². The molecule has 0 aliphatic rings. The maximum Gasteiger partial charge on any atom is 0.261 e. The van der Waals surface area contributed by atoms with E-state index in [2.05, 4.69) is 21.2 Å². The fourth-order valence-electron chi connectivity index (χ4n) is 2.73. The van der Waals surface area contributed by atoms with Crippen molar-refractivity contribution in [1.29, 1.82) is 0 Å². The smallest absolute Gasteiger partial charge is 0.261 e. The molecule has 2 aromatic carbocycles. The molecule has 0 saturated carbocycles. The van der Waals surface area contributed by atoms with Crippen molar-refractivity contribution in [3.8, 4) is 5.75 Å². The maximum atomic E-state index is 12.8. The maximum absolute atomic E-state index is 12.8. The molecule has 5 nitrogen and oxygen atoms in total. The van der Waals surface area contributed by atoms with Crippen LogP contribution >= 0.6 is 15.9 Å². The van der Waals surface area contributed by atoms with Gasteiger partial charge in [0.05, 0.1) is 0 Å². The third kappa shape index (κ3) is 5.82. The molecular weight excluding hydrogens is 408 g/mol. The second-order valence-electron chi connectivity index (χ2n) is 6.50. The van der Waals surface area contributed by atoms with Crippen LogP contribution in [-0.4, -0.2) is 36.4 Å². The third-order valence-corrected chi connectivity index (χ3v) is 5.23. The Kier molecular flexibility index (Phi) is 7.42. The quantitative estimate of drug-likeness (QED) is 0.726. The lowest BCUT2D eigenvalue weighted by Crippen LogP contribution is -2.48. The zero-order valence-electron chi connectivity index (χ0n) is 16.1. The highest BCUT2D eigenvalue weighted by atomic mass is 79.9. The molecule has 0 fully saturated rings. The minimum absolute atomic E-state index is 0.131. The molecule has 2 rings (SSSR count). The summed E-state index contributed by atoms with van der Waals surface area (Å²) in [6, 6.07) is 12.8. The fraction of sp³-hybridized carbons (Fsp3) is 0.333. The Morgan fingerprint density at radius 1 is 1.19 bits per heavy atom. The molecule has 27 heavy (non-hydrogen) atoms. The van der Waals surface area contributed by atoms with Crippen molar-refractivity contribution < 1.29 is 14.3 Å². The first-order chi connectivity index (χ1) is 12.8. The predicted octanol–water partition coefficient (Wildman–Crippen LogP) is 3.61. The van der Waals surface area contributed by atoms with Gasteiger partial charge in [-0.1, -0.05) is 45.8 Å². The summed E-state index contributed by atoms with van der Waals surface area (Å²) in [5, 5.41) is 2.61. The zero-order chi connectivity index (χ0) is 20.0. The van der Waals surface area contributed by atoms with E-state index in [1.807, 2.05) is 50.2 Å². The third-order valence-electron chi connectivity index (χ3n) is 4.34. The first kappa shape index (κ1) is 21.0. The molecule has 0 aliphatic heterocycles. The molecule has 2 amide bonds. The van der Waals surface area contributed by atoms with Crippen LogP contribution in [-0.2, 0) is 16.1 Å². The molecule has 0 spiro atoms. The molecule has 0 radical (unpaired) electrons. The summed E-state index contributed by atoms with van der Waals surface area (Å²) in [5.74, 6) is 0.163. The van der Waals surface area contributed by atoms with Gasteiger partial charge in [0, 0.05) is 18.1 Å². The topological polar surface area (TPSA) is 58.6 Å². The van der Waals surface area contributed by atoms with E-state index in [1.165, 1.54) is 0 Å². The van der Waals surface area contributed by atoms with Crippen LogP contribution in [0.15, 0.2) is 46.9 Å². The highest BCUT2D eigenvalue weighted by Gasteiger charge is 2.25. The molecule has 0 aromatic heterocycles. The number of likely N-dealkylation sites (N-methyl/N-ethyl adjacent to an activating group) is 1. The SMILES string of the molecule is CNC(=O)C(C)N(Cc1cccc(C)c1)C(=O)COc1ccc(Br)c(C)c1. The van der Waals surface area contributed by atoms with Crippen LogP contribution < -0.4 is 10.1 Å². The number of carbonyl (C=O) groups is 2. The van der Waals surface area contributed by atoms with E-state index in [-0.39, 0.29) is 18.4 Å². The van der Waals surface area contributed by atoms with E-state index in [1.54, 1.807) is 24.9 Å². The van der Waals surface area contributed by atoms with Crippen LogP contribution in [0.3, 0.4) is 0 Å². The van der Waals surface area contributed by atoms with Gasteiger partial charge in [-0.05, 0) is 50.1 Å². The van der Waals surface area contributed by atoms with Gasteiger partial charge in [0.25, 0.3) is 5.91 Å². The molecule has 0 saturated heterocycles. The Bertz CT molecular complexity index is 823. The van der Waals surface area contributed by atoms with Crippen molar-refractivity contribution >= 4 is 27.7 Å². The van der Waals surface area contributed by atoms with Crippen molar-refractivity contribution in [3.05, 3.63) is 63.6 Å². The van der Waals surface area contributed by atoms with E-state index in [0.29, 0.717) is 12.3 Å². The summed E-state index contributed by atoms with van der Waals surface area (Å²) in [7, 11) is 1.56. The number of nitrogens with one attached hydrogen (secondary N) is 1. The number of nitrogens with zero attached hydrogens (tertiary/aromatic N) is 1. The average Bonchev–Trinajstić information content (AvgIpc) is 2.65. The first-order valence-corrected chi connectivity index (χ1v) is 9.56. The second-order valence-corrected chi connectivity index (χ2v) is 7.35. The molecule has 0 heterocycles. The Morgan fingerprint density at radius 2 is 1.93 bits per heavy atom. The molecule has 2 aromatic rings. The van der Waals surface area contributed by atoms with Crippen LogP contribution in [0.25, 0.3) is 0 Å². The highest BCUT2D eigenvalue weighted by molar-refractivity contribution is 9.10. The predicted molar refractivity (Wildman–Crippen MR) is 110 cm³/mol. The first-order valence-electron chi connectivity index (χ1n) is 8.77. The van der Waals surface area contributed by atoms with Crippen molar-refractivity contribution in [2.75, 3.05) is 13.7 Å². The van der Waals surface area contributed by atoms with E-state index in [9.17, 15) is 9.59 Å². The van der Waals surface area contributed by atoms with Crippen molar-refractivity contribution in [3.63, 3.8) is 0 Å². The molecule has 0 bridgehead atoms. The number of carbonyl (C=O) groups excluding carboxylic acids is 2. The monoisotopic (exact) mass is 432 g/mol. The lowest BCUT2D eigenvalue weighted by Gasteiger charge is -2.28. The molecule has 1 atom stereocenters. The van der Waals surface area contributed by atoms with Crippen molar-refractivity contribution in [2.45, 2.75) is 33.4 Å². The van der Waals surface area contributed by atoms with Crippen LogP contribution in [0.1, 0.15) is 23.6 Å². The molecule has 0 aliphatic carbocycles. The summed E-state index contributed by atoms with van der Waals surface area (Å²) in [4.78, 5) is 26.5. The van der Waals surface area contributed by atoms with Crippen LogP contribution in [0.2, 0.25) is 0 Å². The minimum Gasteiger partial charge on any atom is -0.484 e. The van der Waals surface area contributed by atoms with Gasteiger partial charge in [-0.3, -0.25) is 9.59 Å². The fourth-order valence-corrected chi connectivity index (χ4v) is 2.98. The summed E-state index contributed by atoms with van der Waals surface area (Å²) in [5.41, 5.74) is 3.10. The van der Waals surface area contributed by atoms with Gasteiger partial charge >= 0.3 is 0 Å². The Balaban J connectivity index is 2.14. The van der Waals surface area contributed by atoms with Gasteiger partial charge in [-0.25, -0.2) is 0 Å². The summed E-state index contributed by atoms with van der Waals surface area (Å²) >= 11 is 3.44. The molecular formula is C21H25BrN2O3. The number of hydrogen-bond donors (Lipinski definition) is 1. The number of aryl methyl sites for hydroxylation is 2. The second kappa shape index (κ2) is 9.55. The number of amides is 2. The lowest BCUT2D eigenvalue weighted by atomic mass is 10.1. The average molecular weight is 433 g/mol. The van der Waals surface area contributed by atoms with Gasteiger partial charge in [-0.2, -0.15) is 0 Å². The Hall–Kier alpha value is -2.34. The van der Waals surface area contributed by atoms with Crippen molar-refractivity contribution in [2.24, 2.45) is 0 Å². The largest absolute Gasteiger partial charge is 0.484 e. The van der Waals surface area contributed by atoms with Gasteiger partial charge in [0.1, 0.15) is 11.8 Å². The van der Waals surface area contributed by atoms with E-state index in [4.69, 9.17) is 4.74 Å². The van der Waals surface area contributed by atoms with Gasteiger partial charge < -0.3 is 15.0 Å². The number of ether oxygens (including phenoxy) is 1. The minimum atomic E-state index is -0.599. The van der Waals surface area contributed by atoms with Crippen LogP contribution in [0.5, 0.6) is 5.75 Å². The number of halogens is 1. The van der Waals surface area contributed by atoms with E-state index in [0.717, 1.165) is 21.2 Å². The Morgan fingerprint density at radius 3 is 2.56 bits per heavy atom. The highest BCUT2D eigenvalue weighted by Crippen LogP contribution is 2.21. The van der Waals surface area contributed by atoms with E-state index < -0.39 is 6.04 Å². The standard InChI is InChI=1S/C21H25BrN2O3/c1-14-6-5-7-17(10-14)12-24(16(3)21(26)23-4)20(25)13-27-18-8-9-19(22)15(2)11-18/h5-11,16H,12-13H2,1-4H3,(H,23,26). The number of rotatable bonds is 7. The number of hydrogen-bond acceptors (Lipinski definition) is 3. The zero-order valence-corrected chi connectivity index (χ0v) is 17.7. The molecule has 1 N–H and O–H groups in total.